The first-order chi connectivity index (χ1) is 7.12. The molecular formula is C14H21N. The van der Waals surface area contributed by atoms with E-state index < -0.39 is 0 Å². The summed E-state index contributed by atoms with van der Waals surface area (Å²) in [6.07, 6.45) is 5.29. The molecule has 1 aliphatic carbocycles. The molecule has 2 N–H and O–H groups in total. The minimum Gasteiger partial charge on any atom is -0.321 e. The molecule has 1 saturated carbocycles. The van der Waals surface area contributed by atoms with Crippen LogP contribution in [0.2, 0.25) is 0 Å². The number of aryl methyl sites for hydroxylation is 1. The fraction of sp³-hybridized carbons (Fsp3) is 0.571. The summed E-state index contributed by atoms with van der Waals surface area (Å²) in [7, 11) is 0. The van der Waals surface area contributed by atoms with Gasteiger partial charge in [-0.25, -0.2) is 0 Å². The second kappa shape index (κ2) is 3.97. The van der Waals surface area contributed by atoms with Crippen molar-refractivity contribution in [2.45, 2.75) is 45.1 Å². The second-order valence-corrected chi connectivity index (χ2v) is 5.08. The van der Waals surface area contributed by atoms with Gasteiger partial charge in [0.15, 0.2) is 0 Å². The van der Waals surface area contributed by atoms with E-state index in [4.69, 9.17) is 5.73 Å². The highest BCUT2D eigenvalue weighted by molar-refractivity contribution is 5.32. The van der Waals surface area contributed by atoms with Crippen LogP contribution in [0.5, 0.6) is 0 Å². The minimum atomic E-state index is -0.137. The van der Waals surface area contributed by atoms with Crippen molar-refractivity contribution in [3.05, 3.63) is 35.4 Å². The van der Waals surface area contributed by atoms with E-state index in [2.05, 4.69) is 38.1 Å². The third-order valence-corrected chi connectivity index (χ3v) is 3.93. The Morgan fingerprint density at radius 3 is 2.40 bits per heavy atom. The molecule has 1 heteroatoms. The van der Waals surface area contributed by atoms with Gasteiger partial charge in [0.25, 0.3) is 0 Å². The predicted molar refractivity (Wildman–Crippen MR) is 64.7 cm³/mol. The smallest absolute Gasteiger partial charge is 0.0412 e. The lowest BCUT2D eigenvalue weighted by Gasteiger charge is -2.33. The SMILES string of the molecule is Cc1ccccc1C(C)(N)C1CCCC1. The molecule has 82 valence electrons. The summed E-state index contributed by atoms with van der Waals surface area (Å²) in [5.74, 6) is 0.665. The van der Waals surface area contributed by atoms with Gasteiger partial charge in [-0.1, -0.05) is 37.1 Å². The summed E-state index contributed by atoms with van der Waals surface area (Å²) < 4.78 is 0. The molecule has 15 heavy (non-hydrogen) atoms. The maximum atomic E-state index is 6.54. The first-order valence-electron chi connectivity index (χ1n) is 5.97. The molecule has 0 aromatic heterocycles. The van der Waals surface area contributed by atoms with E-state index >= 15 is 0 Å². The van der Waals surface area contributed by atoms with Gasteiger partial charge in [-0.2, -0.15) is 0 Å². The Bertz CT molecular complexity index is 335. The Labute approximate surface area is 92.7 Å². The van der Waals surface area contributed by atoms with Crippen molar-refractivity contribution in [3.8, 4) is 0 Å². The Hall–Kier alpha value is -0.820. The van der Waals surface area contributed by atoms with Gasteiger partial charge in [0.1, 0.15) is 0 Å². The lowest BCUT2D eigenvalue weighted by molar-refractivity contribution is 0.305. The molecule has 0 bridgehead atoms. The van der Waals surface area contributed by atoms with E-state index in [0.29, 0.717) is 5.92 Å². The van der Waals surface area contributed by atoms with Crippen molar-refractivity contribution in [1.82, 2.24) is 0 Å². The molecular weight excluding hydrogens is 182 g/mol. The van der Waals surface area contributed by atoms with Gasteiger partial charge < -0.3 is 5.73 Å². The third-order valence-electron chi connectivity index (χ3n) is 3.93. The highest BCUT2D eigenvalue weighted by Gasteiger charge is 2.34. The Balaban J connectivity index is 2.31. The van der Waals surface area contributed by atoms with Gasteiger partial charge in [0.05, 0.1) is 0 Å². The topological polar surface area (TPSA) is 26.0 Å². The normalized spacial score (nSPS) is 21.5. The van der Waals surface area contributed by atoms with Crippen LogP contribution in [-0.2, 0) is 5.54 Å². The summed E-state index contributed by atoms with van der Waals surface area (Å²) in [6.45, 7) is 4.36. The maximum absolute atomic E-state index is 6.54. The number of benzene rings is 1. The molecule has 0 aliphatic heterocycles. The maximum Gasteiger partial charge on any atom is 0.0412 e. The molecule has 0 radical (unpaired) electrons. The summed E-state index contributed by atoms with van der Waals surface area (Å²) in [5.41, 5.74) is 9.07. The van der Waals surface area contributed by atoms with Crippen molar-refractivity contribution in [2.75, 3.05) is 0 Å². The van der Waals surface area contributed by atoms with Crippen LogP contribution in [0.1, 0.15) is 43.7 Å². The zero-order valence-electron chi connectivity index (χ0n) is 9.79. The van der Waals surface area contributed by atoms with Crippen molar-refractivity contribution < 1.29 is 0 Å². The van der Waals surface area contributed by atoms with E-state index in [-0.39, 0.29) is 5.54 Å². The Morgan fingerprint density at radius 1 is 1.20 bits per heavy atom. The largest absolute Gasteiger partial charge is 0.321 e. The Kier molecular flexibility index (Phi) is 2.83. The predicted octanol–water partition coefficient (Wildman–Crippen LogP) is 3.36. The van der Waals surface area contributed by atoms with Gasteiger partial charge in [-0.05, 0) is 43.7 Å². The van der Waals surface area contributed by atoms with Crippen LogP contribution in [0.25, 0.3) is 0 Å². The molecule has 2 rings (SSSR count). The van der Waals surface area contributed by atoms with Crippen LogP contribution >= 0.6 is 0 Å². The molecule has 0 heterocycles. The highest BCUT2D eigenvalue weighted by atomic mass is 14.8. The molecule has 1 unspecified atom stereocenters. The van der Waals surface area contributed by atoms with E-state index in [1.165, 1.54) is 36.8 Å². The lowest BCUT2D eigenvalue weighted by Crippen LogP contribution is -2.40. The lowest BCUT2D eigenvalue weighted by atomic mass is 9.78. The monoisotopic (exact) mass is 203 g/mol. The van der Waals surface area contributed by atoms with Crippen LogP contribution in [0.4, 0.5) is 0 Å². The third kappa shape index (κ3) is 1.93. The highest BCUT2D eigenvalue weighted by Crippen LogP contribution is 2.39. The molecule has 0 saturated heterocycles. The van der Waals surface area contributed by atoms with Crippen LogP contribution in [-0.4, -0.2) is 0 Å². The number of hydrogen-bond donors (Lipinski definition) is 1. The van der Waals surface area contributed by atoms with Gasteiger partial charge >= 0.3 is 0 Å². The van der Waals surface area contributed by atoms with E-state index in [1.54, 1.807) is 0 Å². The van der Waals surface area contributed by atoms with Gasteiger partial charge in [-0.15, -0.1) is 0 Å². The average molecular weight is 203 g/mol. The van der Waals surface area contributed by atoms with E-state index in [0.717, 1.165) is 0 Å². The number of hydrogen-bond acceptors (Lipinski definition) is 1. The second-order valence-electron chi connectivity index (χ2n) is 5.08. The van der Waals surface area contributed by atoms with Gasteiger partial charge in [-0.3, -0.25) is 0 Å². The fourth-order valence-corrected chi connectivity index (χ4v) is 2.92. The zero-order chi connectivity index (χ0) is 10.9. The Morgan fingerprint density at radius 2 is 1.80 bits per heavy atom. The molecule has 1 aromatic rings. The first kappa shape index (κ1) is 10.7. The van der Waals surface area contributed by atoms with Crippen molar-refractivity contribution in [3.63, 3.8) is 0 Å². The van der Waals surface area contributed by atoms with Crippen molar-refractivity contribution in [2.24, 2.45) is 11.7 Å². The average Bonchev–Trinajstić information content (AvgIpc) is 2.71. The molecule has 1 atom stereocenters. The van der Waals surface area contributed by atoms with Crippen LogP contribution < -0.4 is 5.73 Å². The van der Waals surface area contributed by atoms with Crippen molar-refractivity contribution in [1.29, 1.82) is 0 Å². The molecule has 0 spiro atoms. The molecule has 1 fully saturated rings. The number of nitrogens with two attached hydrogens (primary N) is 1. The number of rotatable bonds is 2. The van der Waals surface area contributed by atoms with Crippen LogP contribution in [0.3, 0.4) is 0 Å². The van der Waals surface area contributed by atoms with Crippen LogP contribution in [0, 0.1) is 12.8 Å². The first-order valence-corrected chi connectivity index (χ1v) is 5.97. The van der Waals surface area contributed by atoms with E-state index in [9.17, 15) is 0 Å². The van der Waals surface area contributed by atoms with Crippen molar-refractivity contribution >= 4 is 0 Å². The minimum absolute atomic E-state index is 0.137. The molecule has 0 amide bonds. The summed E-state index contributed by atoms with van der Waals surface area (Å²) in [4.78, 5) is 0. The zero-order valence-corrected chi connectivity index (χ0v) is 9.79. The van der Waals surface area contributed by atoms with Crippen LogP contribution in [0.15, 0.2) is 24.3 Å². The quantitative estimate of drug-likeness (QED) is 0.783. The van der Waals surface area contributed by atoms with Gasteiger partial charge in [0.2, 0.25) is 0 Å². The van der Waals surface area contributed by atoms with Gasteiger partial charge in [0, 0.05) is 5.54 Å². The molecule has 1 aliphatic rings. The molecule has 1 nitrogen and oxygen atoms in total. The summed E-state index contributed by atoms with van der Waals surface area (Å²) in [6, 6.07) is 8.54. The summed E-state index contributed by atoms with van der Waals surface area (Å²) in [5, 5.41) is 0. The molecule has 1 aromatic carbocycles. The summed E-state index contributed by atoms with van der Waals surface area (Å²) >= 11 is 0. The standard InChI is InChI=1S/C14H21N/c1-11-7-3-6-10-13(11)14(2,15)12-8-4-5-9-12/h3,6-7,10,12H,4-5,8-9,15H2,1-2H3. The van der Waals surface area contributed by atoms with E-state index in [1.807, 2.05) is 0 Å². The fourth-order valence-electron chi connectivity index (χ4n) is 2.92.